The lowest BCUT2D eigenvalue weighted by Crippen LogP contribution is -2.49. The number of carbonyl (C=O) groups is 1. The molecule has 1 saturated heterocycles. The van der Waals surface area contributed by atoms with E-state index >= 15 is 0 Å². The number of rotatable bonds is 5. The molecule has 0 radical (unpaired) electrons. The number of ether oxygens (including phenoxy) is 1. The Bertz CT molecular complexity index is 782. The van der Waals surface area contributed by atoms with Crippen LogP contribution in [0.5, 0.6) is 5.75 Å². The summed E-state index contributed by atoms with van der Waals surface area (Å²) in [5, 5.41) is 17.8. The van der Waals surface area contributed by atoms with Gasteiger partial charge in [-0.05, 0) is 11.0 Å². The lowest BCUT2D eigenvalue weighted by molar-refractivity contribution is -0.389. The zero-order valence-corrected chi connectivity index (χ0v) is 15.0. The molecular formula is C16H20ClN5O4. The van der Waals surface area contributed by atoms with Crippen LogP contribution in [0.25, 0.3) is 0 Å². The molecule has 1 aliphatic rings. The molecule has 1 aromatic heterocycles. The van der Waals surface area contributed by atoms with Crippen molar-refractivity contribution in [1.82, 2.24) is 20.0 Å². The van der Waals surface area contributed by atoms with Crippen LogP contribution in [0.3, 0.4) is 0 Å². The number of hydrogen-bond donors (Lipinski definition) is 1. The van der Waals surface area contributed by atoms with Crippen LogP contribution < -0.4 is 10.1 Å². The van der Waals surface area contributed by atoms with Crippen molar-refractivity contribution in [2.45, 2.75) is 12.6 Å². The van der Waals surface area contributed by atoms with Gasteiger partial charge in [-0.1, -0.05) is 18.2 Å². The normalized spacial score (nSPS) is 16.7. The molecule has 2 heterocycles. The number of nitrogens with one attached hydrogen (secondary N) is 1. The number of nitro groups is 1. The van der Waals surface area contributed by atoms with Gasteiger partial charge in [-0.25, -0.2) is 0 Å². The summed E-state index contributed by atoms with van der Waals surface area (Å²) in [5.74, 6) is 0.313. The van der Waals surface area contributed by atoms with Gasteiger partial charge in [0.2, 0.25) is 5.91 Å². The molecule has 1 aromatic carbocycles. The Balaban J connectivity index is 0.00000243. The maximum atomic E-state index is 12.8. The average Bonchev–Trinajstić information content (AvgIpc) is 3.10. The summed E-state index contributed by atoms with van der Waals surface area (Å²) in [6.45, 7) is 1.81. The van der Waals surface area contributed by atoms with Gasteiger partial charge in [-0.15, -0.1) is 12.4 Å². The van der Waals surface area contributed by atoms with Crippen molar-refractivity contribution < 1.29 is 14.5 Å². The second kappa shape index (κ2) is 8.63. The van der Waals surface area contributed by atoms with Gasteiger partial charge in [0.05, 0.1) is 30.5 Å². The predicted molar refractivity (Wildman–Crippen MR) is 96.4 cm³/mol. The third-order valence-corrected chi connectivity index (χ3v) is 4.17. The number of amides is 1. The number of piperazine rings is 1. The van der Waals surface area contributed by atoms with Crippen LogP contribution in [0, 0.1) is 10.1 Å². The van der Waals surface area contributed by atoms with Crippen molar-refractivity contribution >= 4 is 24.1 Å². The monoisotopic (exact) mass is 381 g/mol. The smallest absolute Gasteiger partial charge is 0.389 e. The summed E-state index contributed by atoms with van der Waals surface area (Å²) >= 11 is 0. The number of methoxy groups -OCH3 is 1. The molecule has 1 fully saturated rings. The highest BCUT2D eigenvalue weighted by molar-refractivity contribution is 5.85. The SMILES string of the molecule is COc1ccccc1C1CNCCN1C(=O)Cn1ccc([N+](=O)[O-])n1.Cl. The van der Waals surface area contributed by atoms with Gasteiger partial charge in [-0.3, -0.25) is 4.79 Å². The van der Waals surface area contributed by atoms with Crippen LogP contribution in [0.15, 0.2) is 36.5 Å². The van der Waals surface area contributed by atoms with Gasteiger partial charge in [0, 0.05) is 25.2 Å². The minimum absolute atomic E-state index is 0. The number of carbonyl (C=O) groups excluding carboxylic acids is 1. The first kappa shape index (κ1) is 19.7. The third-order valence-electron chi connectivity index (χ3n) is 4.17. The number of halogens is 1. The van der Waals surface area contributed by atoms with E-state index in [0.29, 0.717) is 19.6 Å². The Kier molecular flexibility index (Phi) is 6.53. The third kappa shape index (κ3) is 4.12. The van der Waals surface area contributed by atoms with Gasteiger partial charge in [-0.2, -0.15) is 4.68 Å². The minimum Gasteiger partial charge on any atom is -0.496 e. The van der Waals surface area contributed by atoms with Crippen molar-refractivity contribution in [2.75, 3.05) is 26.7 Å². The molecule has 0 saturated carbocycles. The Morgan fingerprint density at radius 3 is 2.88 bits per heavy atom. The Morgan fingerprint density at radius 2 is 2.19 bits per heavy atom. The van der Waals surface area contributed by atoms with E-state index < -0.39 is 4.92 Å². The molecule has 0 spiro atoms. The molecule has 2 aromatic rings. The van der Waals surface area contributed by atoms with E-state index in [0.717, 1.165) is 11.3 Å². The largest absolute Gasteiger partial charge is 0.496 e. The Hall–Kier alpha value is -2.65. The quantitative estimate of drug-likeness (QED) is 0.620. The second-order valence-corrected chi connectivity index (χ2v) is 5.68. The van der Waals surface area contributed by atoms with Crippen LogP contribution >= 0.6 is 12.4 Å². The van der Waals surface area contributed by atoms with Gasteiger partial charge >= 0.3 is 5.82 Å². The van der Waals surface area contributed by atoms with E-state index in [1.165, 1.54) is 16.9 Å². The maximum Gasteiger partial charge on any atom is 0.389 e. The zero-order chi connectivity index (χ0) is 17.8. The molecule has 140 valence electrons. The minimum atomic E-state index is -0.580. The average molecular weight is 382 g/mol. The number of hydrogen-bond acceptors (Lipinski definition) is 6. The topological polar surface area (TPSA) is 103 Å². The molecular weight excluding hydrogens is 362 g/mol. The summed E-state index contributed by atoms with van der Waals surface area (Å²) < 4.78 is 6.71. The summed E-state index contributed by atoms with van der Waals surface area (Å²) in [7, 11) is 1.60. The molecule has 1 atom stereocenters. The fourth-order valence-electron chi connectivity index (χ4n) is 2.99. The predicted octanol–water partition coefficient (Wildman–Crippen LogP) is 1.39. The summed E-state index contributed by atoms with van der Waals surface area (Å²) in [6.07, 6.45) is 1.44. The van der Waals surface area contributed by atoms with E-state index in [-0.39, 0.29) is 36.7 Å². The van der Waals surface area contributed by atoms with Crippen LogP contribution in [-0.2, 0) is 11.3 Å². The van der Waals surface area contributed by atoms with Gasteiger partial charge in [0.25, 0.3) is 0 Å². The number of para-hydroxylation sites is 1. The lowest BCUT2D eigenvalue weighted by Gasteiger charge is -2.37. The van der Waals surface area contributed by atoms with Crippen molar-refractivity contribution in [3.63, 3.8) is 0 Å². The highest BCUT2D eigenvalue weighted by atomic mass is 35.5. The van der Waals surface area contributed by atoms with E-state index in [2.05, 4.69) is 10.4 Å². The summed E-state index contributed by atoms with van der Waals surface area (Å²) in [6, 6.07) is 8.71. The number of benzene rings is 1. The standard InChI is InChI=1S/C16H19N5O4.ClH/c1-25-14-5-3-2-4-12(14)13-10-17-7-9-20(13)16(22)11-19-8-6-15(18-19)21(23)24;/h2-6,8,13,17H,7,9-11H2,1H3;1H. The highest BCUT2D eigenvalue weighted by Gasteiger charge is 2.30. The molecule has 0 aliphatic carbocycles. The molecule has 1 amide bonds. The van der Waals surface area contributed by atoms with Gasteiger partial charge in [0.1, 0.15) is 12.3 Å². The number of aromatic nitrogens is 2. The fourth-order valence-corrected chi connectivity index (χ4v) is 2.99. The fraction of sp³-hybridized carbons (Fsp3) is 0.375. The highest BCUT2D eigenvalue weighted by Crippen LogP contribution is 2.30. The molecule has 26 heavy (non-hydrogen) atoms. The maximum absolute atomic E-state index is 12.8. The molecule has 1 aliphatic heterocycles. The van der Waals surface area contributed by atoms with Gasteiger partial charge in [0.15, 0.2) is 0 Å². The second-order valence-electron chi connectivity index (χ2n) is 5.68. The number of nitrogens with zero attached hydrogens (tertiary/aromatic N) is 4. The van der Waals surface area contributed by atoms with Crippen molar-refractivity contribution in [3.05, 3.63) is 52.2 Å². The van der Waals surface area contributed by atoms with Crippen LogP contribution in [0.1, 0.15) is 11.6 Å². The van der Waals surface area contributed by atoms with Crippen LogP contribution in [-0.4, -0.2) is 52.3 Å². The van der Waals surface area contributed by atoms with Crippen LogP contribution in [0.4, 0.5) is 5.82 Å². The lowest BCUT2D eigenvalue weighted by atomic mass is 10.0. The summed E-state index contributed by atoms with van der Waals surface area (Å²) in [4.78, 5) is 24.7. The van der Waals surface area contributed by atoms with Gasteiger partial charge < -0.3 is 25.1 Å². The van der Waals surface area contributed by atoms with E-state index in [9.17, 15) is 14.9 Å². The molecule has 3 rings (SSSR count). The molecule has 1 unspecified atom stereocenters. The van der Waals surface area contributed by atoms with Crippen molar-refractivity contribution in [1.29, 1.82) is 0 Å². The molecule has 0 bridgehead atoms. The zero-order valence-electron chi connectivity index (χ0n) is 14.2. The molecule has 9 nitrogen and oxygen atoms in total. The van der Waals surface area contributed by atoms with Crippen molar-refractivity contribution in [2.24, 2.45) is 0 Å². The van der Waals surface area contributed by atoms with E-state index in [1.54, 1.807) is 12.0 Å². The first-order valence-corrected chi connectivity index (χ1v) is 7.91. The van der Waals surface area contributed by atoms with E-state index in [1.807, 2.05) is 24.3 Å². The van der Waals surface area contributed by atoms with Crippen molar-refractivity contribution in [3.8, 4) is 5.75 Å². The van der Waals surface area contributed by atoms with E-state index in [4.69, 9.17) is 4.74 Å². The first-order valence-electron chi connectivity index (χ1n) is 7.91. The molecule has 10 heteroatoms. The van der Waals surface area contributed by atoms with Crippen LogP contribution in [0.2, 0.25) is 0 Å². The Morgan fingerprint density at radius 1 is 1.42 bits per heavy atom. The Labute approximate surface area is 156 Å². The first-order chi connectivity index (χ1) is 12.1. The summed E-state index contributed by atoms with van der Waals surface area (Å²) in [5.41, 5.74) is 0.928. The molecule has 1 N–H and O–H groups in total.